The zero-order valence-corrected chi connectivity index (χ0v) is 22.3. The summed E-state index contributed by atoms with van der Waals surface area (Å²) in [6.45, 7) is 1.96. The summed E-state index contributed by atoms with van der Waals surface area (Å²) in [6, 6.07) is 7.68. The second kappa shape index (κ2) is 12.4. The van der Waals surface area contributed by atoms with Crippen LogP contribution in [0.1, 0.15) is 64.2 Å². The third-order valence-corrected chi connectivity index (χ3v) is 9.04. The molecule has 9 heteroatoms. The number of nitrogens with zero attached hydrogens (tertiary/aromatic N) is 2. The summed E-state index contributed by atoms with van der Waals surface area (Å²) >= 11 is 1.34. The van der Waals surface area contributed by atoms with E-state index in [1.807, 2.05) is 24.3 Å². The molecule has 2 aromatic rings. The molecule has 200 valence electrons. The highest BCUT2D eigenvalue weighted by Crippen LogP contribution is 2.31. The molecule has 2 N–H and O–H groups in total. The van der Waals surface area contributed by atoms with E-state index in [1.54, 1.807) is 4.57 Å². The number of hydrogen-bond acceptors (Lipinski definition) is 6. The van der Waals surface area contributed by atoms with Crippen molar-refractivity contribution in [2.75, 3.05) is 18.9 Å². The van der Waals surface area contributed by atoms with Crippen LogP contribution in [-0.2, 0) is 20.9 Å². The maximum Gasteiger partial charge on any atom is 0.262 e. The average molecular weight is 527 g/mol. The molecular formula is C28H38N4O4S. The molecule has 3 fully saturated rings. The molecule has 1 aromatic carbocycles. The fourth-order valence-corrected chi connectivity index (χ4v) is 6.74. The summed E-state index contributed by atoms with van der Waals surface area (Å²) in [5.74, 6) is 0.703. The van der Waals surface area contributed by atoms with Gasteiger partial charge in [-0.3, -0.25) is 19.0 Å². The molecule has 3 aliphatic rings. The van der Waals surface area contributed by atoms with Crippen molar-refractivity contribution in [3.05, 3.63) is 34.6 Å². The van der Waals surface area contributed by atoms with Crippen LogP contribution in [-0.4, -0.2) is 52.4 Å². The second-order valence-corrected chi connectivity index (χ2v) is 11.7. The van der Waals surface area contributed by atoms with Gasteiger partial charge in [0.15, 0.2) is 5.16 Å². The van der Waals surface area contributed by atoms with Gasteiger partial charge in [0.05, 0.1) is 22.8 Å². The van der Waals surface area contributed by atoms with Crippen molar-refractivity contribution in [3.63, 3.8) is 0 Å². The number of hydrogen-bond donors (Lipinski definition) is 2. The molecular weight excluding hydrogens is 488 g/mol. The normalized spacial score (nSPS) is 24.4. The summed E-state index contributed by atoms with van der Waals surface area (Å²) in [5.41, 5.74) is 0.606. The lowest BCUT2D eigenvalue weighted by atomic mass is 9.81. The minimum atomic E-state index is -0.0549. The van der Waals surface area contributed by atoms with E-state index in [-0.39, 0.29) is 41.2 Å². The first-order chi connectivity index (χ1) is 18.1. The van der Waals surface area contributed by atoms with E-state index >= 15 is 0 Å². The molecule has 0 bridgehead atoms. The van der Waals surface area contributed by atoms with Gasteiger partial charge < -0.3 is 15.4 Å². The molecule has 8 nitrogen and oxygen atoms in total. The number of rotatable bonds is 9. The number of fused-ring (bicyclic) bond motifs is 1. The first-order valence-corrected chi connectivity index (χ1v) is 14.9. The molecule has 0 radical (unpaired) electrons. The lowest BCUT2D eigenvalue weighted by Crippen LogP contribution is -2.38. The average Bonchev–Trinajstić information content (AvgIpc) is 3.63. The van der Waals surface area contributed by atoms with Crippen molar-refractivity contribution >= 4 is 34.5 Å². The number of benzene rings is 1. The van der Waals surface area contributed by atoms with Crippen molar-refractivity contribution in [2.24, 2.45) is 11.8 Å². The van der Waals surface area contributed by atoms with Gasteiger partial charge in [0.2, 0.25) is 11.8 Å². The second-order valence-electron chi connectivity index (χ2n) is 10.8. The lowest BCUT2D eigenvalue weighted by Gasteiger charge is -2.29. The van der Waals surface area contributed by atoms with Crippen LogP contribution < -0.4 is 16.2 Å². The highest BCUT2D eigenvalue weighted by atomic mass is 32.2. The molecule has 1 atom stereocenters. The van der Waals surface area contributed by atoms with Gasteiger partial charge in [0, 0.05) is 31.7 Å². The van der Waals surface area contributed by atoms with Crippen LogP contribution in [0.25, 0.3) is 10.9 Å². The van der Waals surface area contributed by atoms with Gasteiger partial charge in [-0.05, 0) is 69.4 Å². The van der Waals surface area contributed by atoms with E-state index in [0.717, 1.165) is 58.0 Å². The highest BCUT2D eigenvalue weighted by Gasteiger charge is 2.28. The first kappa shape index (κ1) is 26.2. The van der Waals surface area contributed by atoms with E-state index in [0.29, 0.717) is 35.1 Å². The molecule has 1 saturated heterocycles. The Morgan fingerprint density at radius 1 is 1.03 bits per heavy atom. The molecule has 2 amide bonds. The van der Waals surface area contributed by atoms with Crippen molar-refractivity contribution in [3.8, 4) is 0 Å². The van der Waals surface area contributed by atoms with Crippen molar-refractivity contribution < 1.29 is 14.3 Å². The van der Waals surface area contributed by atoms with Gasteiger partial charge in [0.1, 0.15) is 0 Å². The van der Waals surface area contributed by atoms with E-state index in [2.05, 4.69) is 10.6 Å². The Kier molecular flexibility index (Phi) is 8.81. The van der Waals surface area contributed by atoms with Gasteiger partial charge >= 0.3 is 0 Å². The molecule has 1 aliphatic heterocycles. The predicted molar refractivity (Wildman–Crippen MR) is 145 cm³/mol. The highest BCUT2D eigenvalue weighted by molar-refractivity contribution is 7.99. The number of aromatic nitrogens is 2. The minimum Gasteiger partial charge on any atom is -0.376 e. The number of nitrogens with one attached hydrogen (secondary N) is 2. The monoisotopic (exact) mass is 526 g/mol. The number of para-hydroxylation sites is 1. The SMILES string of the molecule is O=C(CSc1nc2ccccc2c(=O)n1CC1CCC(C(=O)NC[C@@H]2CCCO2)CC1)NC1CCCC1. The molecule has 0 spiro atoms. The summed E-state index contributed by atoms with van der Waals surface area (Å²) in [7, 11) is 0. The topological polar surface area (TPSA) is 102 Å². The van der Waals surface area contributed by atoms with Crippen LogP contribution in [0.3, 0.4) is 0 Å². The molecule has 37 heavy (non-hydrogen) atoms. The van der Waals surface area contributed by atoms with Crippen LogP contribution in [0.2, 0.25) is 0 Å². The van der Waals surface area contributed by atoms with Crippen LogP contribution in [0.5, 0.6) is 0 Å². The summed E-state index contributed by atoms with van der Waals surface area (Å²) < 4.78 is 7.38. The number of carbonyl (C=O) groups is 2. The fourth-order valence-electron chi connectivity index (χ4n) is 5.92. The number of ether oxygens (including phenoxy) is 1. The smallest absolute Gasteiger partial charge is 0.262 e. The Hall–Kier alpha value is -2.39. The Balaban J connectivity index is 1.21. The largest absolute Gasteiger partial charge is 0.376 e. The third kappa shape index (κ3) is 6.74. The molecule has 2 heterocycles. The van der Waals surface area contributed by atoms with Crippen molar-refractivity contribution in [2.45, 2.75) is 88.1 Å². The van der Waals surface area contributed by atoms with Crippen LogP contribution in [0.15, 0.2) is 34.2 Å². The van der Waals surface area contributed by atoms with Crippen LogP contribution in [0.4, 0.5) is 0 Å². The van der Waals surface area contributed by atoms with Gasteiger partial charge in [0.25, 0.3) is 5.56 Å². The Morgan fingerprint density at radius 3 is 2.57 bits per heavy atom. The van der Waals surface area contributed by atoms with Crippen molar-refractivity contribution in [1.29, 1.82) is 0 Å². The van der Waals surface area contributed by atoms with E-state index in [4.69, 9.17) is 9.72 Å². The number of thioether (sulfide) groups is 1. The quantitative estimate of drug-likeness (QED) is 0.382. The van der Waals surface area contributed by atoms with Gasteiger partial charge in [-0.2, -0.15) is 0 Å². The summed E-state index contributed by atoms with van der Waals surface area (Å²) in [4.78, 5) is 43.5. The molecule has 1 aromatic heterocycles. The van der Waals surface area contributed by atoms with E-state index in [9.17, 15) is 14.4 Å². The number of carbonyl (C=O) groups excluding carboxylic acids is 2. The Morgan fingerprint density at radius 2 is 1.81 bits per heavy atom. The number of amides is 2. The van der Waals surface area contributed by atoms with Gasteiger partial charge in [-0.15, -0.1) is 0 Å². The van der Waals surface area contributed by atoms with Crippen molar-refractivity contribution in [1.82, 2.24) is 20.2 Å². The molecule has 5 rings (SSSR count). The zero-order valence-electron chi connectivity index (χ0n) is 21.5. The fraction of sp³-hybridized carbons (Fsp3) is 0.643. The minimum absolute atomic E-state index is 0.000354. The van der Waals surface area contributed by atoms with Crippen LogP contribution in [0, 0.1) is 11.8 Å². The third-order valence-electron chi connectivity index (χ3n) is 8.07. The Labute approximate surface area is 222 Å². The molecule has 2 aliphatic carbocycles. The van der Waals surface area contributed by atoms with Gasteiger partial charge in [-0.1, -0.05) is 36.7 Å². The van der Waals surface area contributed by atoms with Crippen LogP contribution >= 0.6 is 11.8 Å². The predicted octanol–water partition coefficient (Wildman–Crippen LogP) is 3.65. The summed E-state index contributed by atoms with van der Waals surface area (Å²) in [5, 5.41) is 7.40. The molecule has 2 saturated carbocycles. The van der Waals surface area contributed by atoms with E-state index in [1.165, 1.54) is 24.6 Å². The lowest BCUT2D eigenvalue weighted by molar-refractivity contribution is -0.126. The van der Waals surface area contributed by atoms with E-state index < -0.39 is 0 Å². The zero-order chi connectivity index (χ0) is 25.6. The summed E-state index contributed by atoms with van der Waals surface area (Å²) in [6.07, 6.45) is 10.1. The maximum absolute atomic E-state index is 13.5. The standard InChI is InChI=1S/C28H38N4O4S/c33-25(30-21-6-1-2-7-21)18-37-28-31-24-10-4-3-9-23(24)27(35)32(28)17-19-11-13-20(14-12-19)26(34)29-16-22-8-5-15-36-22/h3-4,9-10,19-22H,1-2,5-8,11-18H2,(H,29,34)(H,30,33)/t19?,20?,22-/m0/s1. The first-order valence-electron chi connectivity index (χ1n) is 13.9. The van der Waals surface area contributed by atoms with Gasteiger partial charge in [-0.25, -0.2) is 4.98 Å². The maximum atomic E-state index is 13.5. The Bertz CT molecular complexity index is 1150. The molecule has 0 unspecified atom stereocenters.